The van der Waals surface area contributed by atoms with Crippen LogP contribution in [-0.4, -0.2) is 36.7 Å². The van der Waals surface area contributed by atoms with E-state index in [0.717, 1.165) is 25.3 Å². The van der Waals surface area contributed by atoms with Gasteiger partial charge in [0, 0.05) is 0 Å². The van der Waals surface area contributed by atoms with Gasteiger partial charge in [-0.3, -0.25) is 4.90 Å². The topological polar surface area (TPSA) is 12.2 Å². The van der Waals surface area contributed by atoms with Crippen molar-refractivity contribution in [2.75, 3.05) is 19.8 Å². The van der Waals surface area contributed by atoms with Gasteiger partial charge in [0.1, 0.15) is 0 Å². The van der Waals surface area contributed by atoms with Gasteiger partial charge in [-0.15, -0.1) is 0 Å². The minimum absolute atomic E-state index is 0.806. The van der Waals surface area contributed by atoms with Crippen molar-refractivity contribution in [2.45, 2.75) is 19.0 Å². The average molecular weight is 113 g/mol. The zero-order valence-electron chi connectivity index (χ0n) is 5.13. The molecule has 0 N–H and O–H groups in total. The molecule has 0 spiro atoms. The van der Waals surface area contributed by atoms with Crippen LogP contribution in [0.15, 0.2) is 0 Å². The predicted molar refractivity (Wildman–Crippen MR) is 30.8 cm³/mol. The number of hydrogen-bond acceptors (Lipinski definition) is 2. The van der Waals surface area contributed by atoms with Gasteiger partial charge in [0.2, 0.25) is 0 Å². The lowest BCUT2D eigenvalue weighted by Crippen LogP contribution is -2.11. The minimum atomic E-state index is 0.806. The molecule has 8 heavy (non-hydrogen) atoms. The molecule has 2 rings (SSSR count). The Bertz CT molecular complexity index is 87.9. The van der Waals surface area contributed by atoms with E-state index in [1.54, 1.807) is 0 Å². The van der Waals surface area contributed by atoms with E-state index in [0.29, 0.717) is 0 Å². The van der Waals surface area contributed by atoms with Crippen LogP contribution in [0.25, 0.3) is 0 Å². The molecule has 2 nitrogen and oxygen atoms in total. The predicted octanol–water partition coefficient (Wildman–Crippen LogP) is 0.0893. The average Bonchev–Trinajstić information content (AvgIpc) is 2.22. The molecule has 0 saturated carbocycles. The van der Waals surface area contributed by atoms with Crippen molar-refractivity contribution in [3.8, 4) is 0 Å². The Morgan fingerprint density at radius 2 is 2.12 bits per heavy atom. The van der Waals surface area contributed by atoms with Crippen LogP contribution in [0.4, 0.5) is 0 Å². The number of nitrogens with zero attached hydrogens (tertiary/aromatic N) is 1. The number of likely N-dealkylation sites (N-methyl/N-ethyl adjacent to an activating group) is 1. The highest BCUT2D eigenvalue weighted by Crippen LogP contribution is 2.32. The lowest BCUT2D eigenvalue weighted by molar-refractivity contribution is 0.139. The standard InChI is InChI=1S/C6H11NO/c1-2-7-5-3-8-4-6(5)7/h5-6H,2-4H2,1H3. The van der Waals surface area contributed by atoms with Crippen molar-refractivity contribution >= 4 is 0 Å². The third-order valence-electron chi connectivity index (χ3n) is 2.15. The minimum Gasteiger partial charge on any atom is -0.378 e. The summed E-state index contributed by atoms with van der Waals surface area (Å²) in [6.45, 7) is 5.38. The van der Waals surface area contributed by atoms with Crippen LogP contribution in [0, 0.1) is 0 Å². The molecule has 2 saturated heterocycles. The molecule has 0 aromatic heterocycles. The maximum absolute atomic E-state index is 5.20. The normalized spacial score (nSPS) is 51.4. The second kappa shape index (κ2) is 1.45. The van der Waals surface area contributed by atoms with E-state index in [4.69, 9.17) is 4.74 Å². The Labute approximate surface area is 49.4 Å². The second-order valence-electron chi connectivity index (χ2n) is 2.50. The summed E-state index contributed by atoms with van der Waals surface area (Å²) in [4.78, 5) is 2.48. The van der Waals surface area contributed by atoms with Crippen LogP contribution in [0.1, 0.15) is 6.92 Å². The van der Waals surface area contributed by atoms with Crippen LogP contribution in [0.3, 0.4) is 0 Å². The smallest absolute Gasteiger partial charge is 0.0638 e. The van der Waals surface area contributed by atoms with Crippen LogP contribution >= 0.6 is 0 Å². The molecule has 2 aliphatic rings. The van der Waals surface area contributed by atoms with Crippen LogP contribution < -0.4 is 0 Å². The highest BCUT2D eigenvalue weighted by molar-refractivity contribution is 5.04. The summed E-state index contributed by atoms with van der Waals surface area (Å²) in [5.41, 5.74) is 0. The molecular weight excluding hydrogens is 102 g/mol. The summed E-state index contributed by atoms with van der Waals surface area (Å²) in [7, 11) is 0. The fourth-order valence-corrected chi connectivity index (χ4v) is 1.58. The zero-order chi connectivity index (χ0) is 5.56. The summed E-state index contributed by atoms with van der Waals surface area (Å²) < 4.78 is 5.20. The lowest BCUT2D eigenvalue weighted by Gasteiger charge is -2.01. The van der Waals surface area contributed by atoms with Gasteiger partial charge in [0.25, 0.3) is 0 Å². The fourth-order valence-electron chi connectivity index (χ4n) is 1.58. The van der Waals surface area contributed by atoms with Gasteiger partial charge < -0.3 is 4.74 Å². The first kappa shape index (κ1) is 4.77. The van der Waals surface area contributed by atoms with Crippen molar-refractivity contribution < 1.29 is 4.74 Å². The van der Waals surface area contributed by atoms with Crippen LogP contribution in [-0.2, 0) is 4.74 Å². The number of ether oxygens (including phenoxy) is 1. The van der Waals surface area contributed by atoms with Gasteiger partial charge in [-0.1, -0.05) is 6.92 Å². The molecular formula is C6H11NO. The molecule has 2 fully saturated rings. The van der Waals surface area contributed by atoms with Crippen LogP contribution in [0.5, 0.6) is 0 Å². The molecule has 0 amide bonds. The van der Waals surface area contributed by atoms with Crippen molar-refractivity contribution in [2.24, 2.45) is 0 Å². The van der Waals surface area contributed by atoms with E-state index in [9.17, 15) is 0 Å². The highest BCUT2D eigenvalue weighted by Gasteiger charge is 2.50. The van der Waals surface area contributed by atoms with E-state index in [2.05, 4.69) is 11.8 Å². The molecule has 2 heteroatoms. The molecule has 0 radical (unpaired) electrons. The van der Waals surface area contributed by atoms with Gasteiger partial charge in [-0.25, -0.2) is 0 Å². The van der Waals surface area contributed by atoms with Crippen molar-refractivity contribution in [3.63, 3.8) is 0 Å². The van der Waals surface area contributed by atoms with Crippen molar-refractivity contribution in [3.05, 3.63) is 0 Å². The van der Waals surface area contributed by atoms with Gasteiger partial charge in [-0.2, -0.15) is 0 Å². The number of hydrogen-bond donors (Lipinski definition) is 0. The molecule has 2 unspecified atom stereocenters. The first-order chi connectivity index (χ1) is 3.93. The van der Waals surface area contributed by atoms with Crippen molar-refractivity contribution in [1.82, 2.24) is 4.90 Å². The summed E-state index contributed by atoms with van der Waals surface area (Å²) in [5.74, 6) is 0. The van der Waals surface area contributed by atoms with Gasteiger partial charge in [0.15, 0.2) is 0 Å². The largest absolute Gasteiger partial charge is 0.378 e. The summed E-state index contributed by atoms with van der Waals surface area (Å²) in [6, 6.07) is 1.61. The van der Waals surface area contributed by atoms with E-state index < -0.39 is 0 Å². The monoisotopic (exact) mass is 113 g/mol. The number of fused-ring (bicyclic) bond motifs is 1. The van der Waals surface area contributed by atoms with Crippen molar-refractivity contribution in [1.29, 1.82) is 0 Å². The summed E-state index contributed by atoms with van der Waals surface area (Å²) in [6.07, 6.45) is 0. The maximum atomic E-state index is 5.20. The third kappa shape index (κ3) is 0.446. The SMILES string of the molecule is CCN1C2COCC21. The summed E-state index contributed by atoms with van der Waals surface area (Å²) in [5, 5.41) is 0. The zero-order valence-corrected chi connectivity index (χ0v) is 5.13. The van der Waals surface area contributed by atoms with E-state index in [-0.39, 0.29) is 0 Å². The Morgan fingerprint density at radius 1 is 1.50 bits per heavy atom. The molecule has 2 heterocycles. The first-order valence-electron chi connectivity index (χ1n) is 3.27. The van der Waals surface area contributed by atoms with Gasteiger partial charge >= 0.3 is 0 Å². The molecule has 0 aliphatic carbocycles. The lowest BCUT2D eigenvalue weighted by atomic mass is 10.4. The molecule has 0 aromatic rings. The Morgan fingerprint density at radius 3 is 2.50 bits per heavy atom. The molecule has 2 aliphatic heterocycles. The number of morpholine rings is 1. The Balaban J connectivity index is 1.94. The van der Waals surface area contributed by atoms with E-state index >= 15 is 0 Å². The molecule has 46 valence electrons. The Hall–Kier alpha value is -0.0800. The van der Waals surface area contributed by atoms with E-state index in [1.807, 2.05) is 0 Å². The summed E-state index contributed by atoms with van der Waals surface area (Å²) >= 11 is 0. The van der Waals surface area contributed by atoms with Gasteiger partial charge in [0.05, 0.1) is 25.3 Å². The highest BCUT2D eigenvalue weighted by atomic mass is 16.5. The maximum Gasteiger partial charge on any atom is 0.0638 e. The third-order valence-corrected chi connectivity index (χ3v) is 2.15. The first-order valence-corrected chi connectivity index (χ1v) is 3.27. The van der Waals surface area contributed by atoms with Crippen LogP contribution in [0.2, 0.25) is 0 Å². The van der Waals surface area contributed by atoms with E-state index in [1.165, 1.54) is 6.54 Å². The Kier molecular flexibility index (Phi) is 0.866. The molecule has 0 bridgehead atoms. The second-order valence-corrected chi connectivity index (χ2v) is 2.50. The van der Waals surface area contributed by atoms with Gasteiger partial charge in [-0.05, 0) is 6.54 Å². The quantitative estimate of drug-likeness (QED) is 0.447. The molecule has 0 aromatic carbocycles. The molecule has 2 atom stereocenters. The number of rotatable bonds is 1. The fraction of sp³-hybridized carbons (Fsp3) is 1.00.